The number of nitrogens with zero attached hydrogens (tertiary/aromatic N) is 2. The molecule has 1 atom stereocenters. The van der Waals surface area contributed by atoms with Crippen LogP contribution in [-0.4, -0.2) is 55.8 Å². The Labute approximate surface area is 207 Å². The van der Waals surface area contributed by atoms with Crippen LogP contribution in [0.25, 0.3) is 0 Å². The van der Waals surface area contributed by atoms with Gasteiger partial charge < -0.3 is 20.3 Å². The Bertz CT molecular complexity index is 818. The fraction of sp³-hybridized carbons (Fsp3) is 0.391. The van der Waals surface area contributed by atoms with Crippen molar-refractivity contribution >= 4 is 47.6 Å². The van der Waals surface area contributed by atoms with Gasteiger partial charge in [0, 0.05) is 37.3 Å². The number of halogens is 1. The van der Waals surface area contributed by atoms with E-state index in [1.807, 2.05) is 42.1 Å². The minimum absolute atomic E-state index is 0. The van der Waals surface area contributed by atoms with Crippen molar-refractivity contribution in [2.45, 2.75) is 30.5 Å². The molecule has 2 rings (SSSR count). The Morgan fingerprint density at radius 1 is 1.13 bits per heavy atom. The van der Waals surface area contributed by atoms with Crippen molar-refractivity contribution in [3.05, 3.63) is 60.2 Å². The van der Waals surface area contributed by atoms with Crippen molar-refractivity contribution in [2.24, 2.45) is 4.99 Å². The molecule has 0 aliphatic heterocycles. The predicted octanol–water partition coefficient (Wildman–Crippen LogP) is 4.01. The summed E-state index contributed by atoms with van der Waals surface area (Å²) in [6.45, 7) is 6.40. The average molecular weight is 557 g/mol. The molecule has 170 valence electrons. The lowest BCUT2D eigenvalue weighted by atomic mass is 10.2. The second-order valence-electron chi connectivity index (χ2n) is 7.04. The van der Waals surface area contributed by atoms with E-state index in [4.69, 9.17) is 4.74 Å². The van der Waals surface area contributed by atoms with Gasteiger partial charge in [-0.25, -0.2) is 4.99 Å². The molecule has 31 heavy (non-hydrogen) atoms. The van der Waals surface area contributed by atoms with Gasteiger partial charge in [0.05, 0.1) is 6.54 Å². The van der Waals surface area contributed by atoms with Crippen LogP contribution in [-0.2, 0) is 11.3 Å². The number of thioether (sulfide) groups is 1. The number of guanidine groups is 1. The van der Waals surface area contributed by atoms with Gasteiger partial charge in [-0.1, -0.05) is 37.3 Å². The topological polar surface area (TPSA) is 66.0 Å². The molecular formula is C23H33IN4O2S. The maximum absolute atomic E-state index is 11.7. The zero-order valence-corrected chi connectivity index (χ0v) is 21.8. The molecule has 0 saturated carbocycles. The summed E-state index contributed by atoms with van der Waals surface area (Å²) in [4.78, 5) is 19.1. The Hall–Kier alpha value is -1.94. The summed E-state index contributed by atoms with van der Waals surface area (Å²) in [5, 5.41) is 7.11. The van der Waals surface area contributed by atoms with Crippen molar-refractivity contribution in [2.75, 3.05) is 33.8 Å². The number of ether oxygens (including phenoxy) is 1. The zero-order valence-electron chi connectivity index (χ0n) is 18.6. The van der Waals surface area contributed by atoms with Gasteiger partial charge in [0.25, 0.3) is 5.91 Å². The molecule has 2 aromatic rings. The van der Waals surface area contributed by atoms with Crippen molar-refractivity contribution in [1.82, 2.24) is 15.5 Å². The molecule has 1 amide bonds. The second kappa shape index (κ2) is 15.0. The monoisotopic (exact) mass is 556 g/mol. The first-order valence-corrected chi connectivity index (χ1v) is 11.0. The van der Waals surface area contributed by atoms with E-state index in [1.165, 1.54) is 9.80 Å². The molecule has 0 bridgehead atoms. The fourth-order valence-corrected chi connectivity index (χ4v) is 3.48. The molecule has 0 aromatic heterocycles. The summed E-state index contributed by atoms with van der Waals surface area (Å²) < 4.78 is 5.59. The molecule has 2 aromatic carbocycles. The highest BCUT2D eigenvalue weighted by Gasteiger charge is 2.07. The third kappa shape index (κ3) is 10.8. The quantitative estimate of drug-likeness (QED) is 0.201. The van der Waals surface area contributed by atoms with Gasteiger partial charge in [-0.3, -0.25) is 4.79 Å². The lowest BCUT2D eigenvalue weighted by Crippen LogP contribution is -2.40. The van der Waals surface area contributed by atoms with E-state index < -0.39 is 0 Å². The van der Waals surface area contributed by atoms with Gasteiger partial charge in [0.2, 0.25) is 0 Å². The normalized spacial score (nSPS) is 11.8. The molecule has 0 saturated heterocycles. The summed E-state index contributed by atoms with van der Waals surface area (Å²) >= 11 is 1.84. The zero-order chi connectivity index (χ0) is 21.8. The molecule has 2 N–H and O–H groups in total. The number of amides is 1. The van der Waals surface area contributed by atoms with Crippen LogP contribution < -0.4 is 15.4 Å². The molecule has 1 unspecified atom stereocenters. The molecule has 0 heterocycles. The first-order valence-electron chi connectivity index (χ1n) is 10.1. The number of hydrogen-bond donors (Lipinski definition) is 2. The van der Waals surface area contributed by atoms with E-state index in [0.29, 0.717) is 17.5 Å². The van der Waals surface area contributed by atoms with Crippen LogP contribution in [0.5, 0.6) is 5.75 Å². The van der Waals surface area contributed by atoms with Crippen LogP contribution in [0.1, 0.15) is 19.4 Å². The number of carbonyl (C=O) groups is 1. The highest BCUT2D eigenvalue weighted by molar-refractivity contribution is 14.0. The highest BCUT2D eigenvalue weighted by atomic mass is 127. The van der Waals surface area contributed by atoms with E-state index >= 15 is 0 Å². The first-order chi connectivity index (χ1) is 14.5. The summed E-state index contributed by atoms with van der Waals surface area (Å²) in [6.07, 6.45) is 0. The molecular weight excluding hydrogens is 523 g/mol. The van der Waals surface area contributed by atoms with Crippen LogP contribution in [0.4, 0.5) is 0 Å². The van der Waals surface area contributed by atoms with Crippen molar-refractivity contribution < 1.29 is 9.53 Å². The third-order valence-electron chi connectivity index (χ3n) is 4.16. The number of carbonyl (C=O) groups excluding carboxylic acids is 1. The molecule has 8 heteroatoms. The van der Waals surface area contributed by atoms with Crippen LogP contribution in [0, 0.1) is 0 Å². The van der Waals surface area contributed by atoms with E-state index in [-0.39, 0.29) is 36.5 Å². The maximum Gasteiger partial charge on any atom is 0.259 e. The number of benzene rings is 2. The van der Waals surface area contributed by atoms with Crippen LogP contribution in [0.3, 0.4) is 0 Å². The van der Waals surface area contributed by atoms with Crippen molar-refractivity contribution in [3.8, 4) is 5.75 Å². The van der Waals surface area contributed by atoms with Crippen molar-refractivity contribution in [3.63, 3.8) is 0 Å². The third-order valence-corrected chi connectivity index (χ3v) is 5.27. The van der Waals surface area contributed by atoms with Crippen molar-refractivity contribution in [1.29, 1.82) is 0 Å². The fourth-order valence-electron chi connectivity index (χ4n) is 2.53. The first kappa shape index (κ1) is 27.1. The SMILES string of the molecule is CCNC(=NCc1cccc(OCC(=O)N(C)C)c1)NCC(C)Sc1ccccc1.I. The second-order valence-corrected chi connectivity index (χ2v) is 8.55. The predicted molar refractivity (Wildman–Crippen MR) is 141 cm³/mol. The van der Waals surface area contributed by atoms with Gasteiger partial charge >= 0.3 is 0 Å². The van der Waals surface area contributed by atoms with Crippen LogP contribution >= 0.6 is 35.7 Å². The minimum Gasteiger partial charge on any atom is -0.484 e. The lowest BCUT2D eigenvalue weighted by Gasteiger charge is -2.16. The van der Waals surface area contributed by atoms with Gasteiger partial charge in [0.15, 0.2) is 12.6 Å². The maximum atomic E-state index is 11.7. The summed E-state index contributed by atoms with van der Waals surface area (Å²) in [5.41, 5.74) is 1.02. The number of likely N-dealkylation sites (N-methyl/N-ethyl adjacent to an activating group) is 1. The van der Waals surface area contributed by atoms with Gasteiger partial charge in [-0.2, -0.15) is 0 Å². The Balaban J connectivity index is 0.00000480. The number of rotatable bonds is 10. The van der Waals surface area contributed by atoms with E-state index in [9.17, 15) is 4.79 Å². The average Bonchev–Trinajstić information content (AvgIpc) is 2.75. The van der Waals surface area contributed by atoms with Crippen LogP contribution in [0.15, 0.2) is 64.5 Å². The molecule has 0 aliphatic rings. The van der Waals surface area contributed by atoms with Gasteiger partial charge in [-0.15, -0.1) is 35.7 Å². The Kier molecular flexibility index (Phi) is 13.1. The van der Waals surface area contributed by atoms with E-state index in [1.54, 1.807) is 14.1 Å². The molecule has 0 spiro atoms. The molecule has 0 aliphatic carbocycles. The van der Waals surface area contributed by atoms with Crippen LogP contribution in [0.2, 0.25) is 0 Å². The number of nitrogens with one attached hydrogen (secondary N) is 2. The summed E-state index contributed by atoms with van der Waals surface area (Å²) in [6, 6.07) is 18.1. The highest BCUT2D eigenvalue weighted by Crippen LogP contribution is 2.21. The van der Waals surface area contributed by atoms with E-state index in [2.05, 4.69) is 53.7 Å². The smallest absolute Gasteiger partial charge is 0.259 e. The van der Waals surface area contributed by atoms with Gasteiger partial charge in [-0.05, 0) is 36.8 Å². The molecule has 6 nitrogen and oxygen atoms in total. The molecule has 0 fully saturated rings. The Morgan fingerprint density at radius 3 is 2.55 bits per heavy atom. The number of hydrogen-bond acceptors (Lipinski definition) is 4. The molecule has 0 radical (unpaired) electrons. The van der Waals surface area contributed by atoms with Gasteiger partial charge in [0.1, 0.15) is 5.75 Å². The summed E-state index contributed by atoms with van der Waals surface area (Å²) in [5.74, 6) is 1.38. The lowest BCUT2D eigenvalue weighted by molar-refractivity contribution is -0.130. The minimum atomic E-state index is -0.0699. The standard InChI is InChI=1S/C23H32N4O2S.HI/c1-5-24-23(25-15-18(2)30-21-12-7-6-8-13-21)26-16-19-10-9-11-20(14-19)29-17-22(28)27(3)4;/h6-14,18H,5,15-17H2,1-4H3,(H2,24,25,26);1H. The Morgan fingerprint density at radius 2 is 1.87 bits per heavy atom. The largest absolute Gasteiger partial charge is 0.484 e. The number of aliphatic imine (C=N–C) groups is 1. The summed E-state index contributed by atoms with van der Waals surface area (Å²) in [7, 11) is 3.43. The van der Waals surface area contributed by atoms with E-state index in [0.717, 1.165) is 24.6 Å².